The highest BCUT2D eigenvalue weighted by Crippen LogP contribution is 2.32. The van der Waals surface area contributed by atoms with Gasteiger partial charge in [0, 0.05) is 6.20 Å². The lowest BCUT2D eigenvalue weighted by atomic mass is 10.2. The third-order valence-electron chi connectivity index (χ3n) is 2.11. The average Bonchev–Trinajstić information content (AvgIpc) is 2.75. The number of thiophene rings is 1. The lowest BCUT2D eigenvalue weighted by Gasteiger charge is -2.19. The Morgan fingerprint density at radius 3 is 2.79 bits per heavy atom. The molecular formula is C13H15N3O2S. The standard InChI is InChI=1S/C13H15N3O2S/c1-13(2,3)18-12(17)15-9-6-8-19-11(9)10-5-4-7-14-16-10/h4-8H,1-3H3,(H,15,17). The molecule has 2 rings (SSSR count). The molecule has 0 bridgehead atoms. The highest BCUT2D eigenvalue weighted by atomic mass is 32.1. The van der Waals surface area contributed by atoms with E-state index in [9.17, 15) is 4.79 Å². The van der Waals surface area contributed by atoms with E-state index in [0.29, 0.717) is 5.69 Å². The SMILES string of the molecule is CC(C)(C)OC(=O)Nc1ccsc1-c1cccnn1. The Kier molecular flexibility index (Phi) is 3.80. The van der Waals surface area contributed by atoms with Gasteiger partial charge in [-0.1, -0.05) is 0 Å². The second-order valence-corrected chi connectivity index (χ2v) is 5.82. The molecule has 0 aromatic carbocycles. The van der Waals surface area contributed by atoms with Gasteiger partial charge in [0.25, 0.3) is 0 Å². The van der Waals surface area contributed by atoms with E-state index in [2.05, 4.69) is 15.5 Å². The smallest absolute Gasteiger partial charge is 0.412 e. The lowest BCUT2D eigenvalue weighted by Crippen LogP contribution is -2.27. The van der Waals surface area contributed by atoms with Crippen LogP contribution in [0.3, 0.4) is 0 Å². The van der Waals surface area contributed by atoms with Crippen molar-refractivity contribution in [3.63, 3.8) is 0 Å². The van der Waals surface area contributed by atoms with Gasteiger partial charge in [0.1, 0.15) is 11.3 Å². The fourth-order valence-corrected chi connectivity index (χ4v) is 2.26. The fraction of sp³-hybridized carbons (Fsp3) is 0.308. The molecule has 0 fully saturated rings. The number of carbonyl (C=O) groups excluding carboxylic acids is 1. The van der Waals surface area contributed by atoms with Gasteiger partial charge in [-0.2, -0.15) is 5.10 Å². The van der Waals surface area contributed by atoms with E-state index >= 15 is 0 Å². The first-order chi connectivity index (χ1) is 8.96. The summed E-state index contributed by atoms with van der Waals surface area (Å²) in [4.78, 5) is 12.6. The maximum atomic E-state index is 11.7. The highest BCUT2D eigenvalue weighted by molar-refractivity contribution is 7.14. The van der Waals surface area contributed by atoms with Crippen molar-refractivity contribution < 1.29 is 9.53 Å². The second kappa shape index (κ2) is 5.36. The molecule has 0 saturated carbocycles. The molecule has 100 valence electrons. The Bertz CT molecular complexity index is 561. The predicted molar refractivity (Wildman–Crippen MR) is 75.2 cm³/mol. The first-order valence-corrected chi connectivity index (χ1v) is 6.69. The Balaban J connectivity index is 2.15. The molecule has 0 saturated heterocycles. The van der Waals surface area contributed by atoms with Crippen LogP contribution in [0, 0.1) is 0 Å². The van der Waals surface area contributed by atoms with E-state index in [1.165, 1.54) is 11.3 Å². The number of rotatable bonds is 2. The molecule has 1 amide bonds. The first kappa shape index (κ1) is 13.5. The Morgan fingerprint density at radius 2 is 2.16 bits per heavy atom. The number of carbonyl (C=O) groups is 1. The van der Waals surface area contributed by atoms with Crippen molar-refractivity contribution in [3.05, 3.63) is 29.8 Å². The van der Waals surface area contributed by atoms with Crippen molar-refractivity contribution in [1.29, 1.82) is 0 Å². The van der Waals surface area contributed by atoms with E-state index in [1.54, 1.807) is 12.3 Å². The van der Waals surface area contributed by atoms with Crippen LogP contribution in [0.25, 0.3) is 10.6 Å². The maximum Gasteiger partial charge on any atom is 0.412 e. The lowest BCUT2D eigenvalue weighted by molar-refractivity contribution is 0.0636. The predicted octanol–water partition coefficient (Wildman–Crippen LogP) is 3.55. The molecule has 2 aromatic heterocycles. The number of hydrogen-bond acceptors (Lipinski definition) is 5. The van der Waals surface area contributed by atoms with E-state index in [-0.39, 0.29) is 0 Å². The van der Waals surface area contributed by atoms with Crippen molar-refractivity contribution >= 4 is 23.1 Å². The summed E-state index contributed by atoms with van der Waals surface area (Å²) in [7, 11) is 0. The van der Waals surface area contributed by atoms with Crippen molar-refractivity contribution in [1.82, 2.24) is 10.2 Å². The van der Waals surface area contributed by atoms with Crippen LogP contribution < -0.4 is 5.32 Å². The highest BCUT2D eigenvalue weighted by Gasteiger charge is 2.18. The summed E-state index contributed by atoms with van der Waals surface area (Å²) >= 11 is 1.49. The molecule has 6 heteroatoms. The van der Waals surface area contributed by atoms with Crippen LogP contribution in [0.4, 0.5) is 10.5 Å². The molecule has 1 N–H and O–H groups in total. The van der Waals surface area contributed by atoms with Crippen LogP contribution in [0.15, 0.2) is 29.8 Å². The van der Waals surface area contributed by atoms with Crippen LogP contribution >= 0.6 is 11.3 Å². The van der Waals surface area contributed by atoms with Crippen LogP contribution in [-0.4, -0.2) is 21.9 Å². The van der Waals surface area contributed by atoms with E-state index in [0.717, 1.165) is 10.6 Å². The Morgan fingerprint density at radius 1 is 1.37 bits per heavy atom. The molecule has 0 spiro atoms. The molecule has 0 aliphatic heterocycles. The molecule has 5 nitrogen and oxygen atoms in total. The Hall–Kier alpha value is -1.95. The summed E-state index contributed by atoms with van der Waals surface area (Å²) in [5.74, 6) is 0. The maximum absolute atomic E-state index is 11.7. The minimum absolute atomic E-state index is 0.476. The van der Waals surface area contributed by atoms with E-state index < -0.39 is 11.7 Å². The van der Waals surface area contributed by atoms with Gasteiger partial charge in [0.2, 0.25) is 0 Å². The van der Waals surface area contributed by atoms with Gasteiger partial charge < -0.3 is 4.74 Å². The van der Waals surface area contributed by atoms with Gasteiger partial charge >= 0.3 is 6.09 Å². The number of anilines is 1. The molecule has 19 heavy (non-hydrogen) atoms. The van der Waals surface area contributed by atoms with Gasteiger partial charge in [0.05, 0.1) is 10.6 Å². The number of ether oxygens (including phenoxy) is 1. The largest absolute Gasteiger partial charge is 0.444 e. The van der Waals surface area contributed by atoms with Crippen LogP contribution in [-0.2, 0) is 4.74 Å². The van der Waals surface area contributed by atoms with Crippen LogP contribution in [0.1, 0.15) is 20.8 Å². The molecule has 2 aromatic rings. The van der Waals surface area contributed by atoms with Crippen LogP contribution in [0.2, 0.25) is 0 Å². The third kappa shape index (κ3) is 3.75. The quantitative estimate of drug-likeness (QED) is 0.911. The number of hydrogen-bond donors (Lipinski definition) is 1. The minimum Gasteiger partial charge on any atom is -0.444 e. The van der Waals surface area contributed by atoms with Gasteiger partial charge in [0.15, 0.2) is 0 Å². The average molecular weight is 277 g/mol. The zero-order chi connectivity index (χ0) is 13.9. The zero-order valence-corrected chi connectivity index (χ0v) is 11.8. The fourth-order valence-electron chi connectivity index (χ4n) is 1.44. The summed E-state index contributed by atoms with van der Waals surface area (Å²) in [6.45, 7) is 5.47. The second-order valence-electron chi connectivity index (χ2n) is 4.90. The summed E-state index contributed by atoms with van der Waals surface area (Å²) in [6, 6.07) is 5.47. The van der Waals surface area contributed by atoms with Crippen molar-refractivity contribution in [2.75, 3.05) is 5.32 Å². The summed E-state index contributed by atoms with van der Waals surface area (Å²) < 4.78 is 5.22. The van der Waals surface area contributed by atoms with E-state index in [1.807, 2.05) is 38.3 Å². The molecule has 0 atom stereocenters. The van der Waals surface area contributed by atoms with E-state index in [4.69, 9.17) is 4.74 Å². The number of amides is 1. The van der Waals surface area contributed by atoms with Gasteiger partial charge in [-0.3, -0.25) is 5.32 Å². The van der Waals surface area contributed by atoms with Crippen LogP contribution in [0.5, 0.6) is 0 Å². The molecule has 0 radical (unpaired) electrons. The summed E-state index contributed by atoms with van der Waals surface area (Å²) in [6.07, 6.45) is 1.13. The summed E-state index contributed by atoms with van der Waals surface area (Å²) in [5, 5.41) is 12.5. The van der Waals surface area contributed by atoms with Gasteiger partial charge in [-0.15, -0.1) is 16.4 Å². The minimum atomic E-state index is -0.521. The molecule has 2 heterocycles. The van der Waals surface area contributed by atoms with Crippen molar-refractivity contribution in [2.24, 2.45) is 0 Å². The summed E-state index contributed by atoms with van der Waals surface area (Å²) in [5.41, 5.74) is 0.885. The topological polar surface area (TPSA) is 64.1 Å². The first-order valence-electron chi connectivity index (χ1n) is 5.81. The molecule has 0 aliphatic rings. The zero-order valence-electron chi connectivity index (χ0n) is 11.0. The monoisotopic (exact) mass is 277 g/mol. The third-order valence-corrected chi connectivity index (χ3v) is 3.04. The molecular weight excluding hydrogens is 262 g/mol. The number of nitrogens with one attached hydrogen (secondary N) is 1. The number of aromatic nitrogens is 2. The van der Waals surface area contributed by atoms with Crippen molar-refractivity contribution in [2.45, 2.75) is 26.4 Å². The Labute approximate surface area is 115 Å². The normalized spacial score (nSPS) is 11.1. The van der Waals surface area contributed by atoms with Crippen molar-refractivity contribution in [3.8, 4) is 10.6 Å². The molecule has 0 aliphatic carbocycles. The van der Waals surface area contributed by atoms with Gasteiger partial charge in [-0.25, -0.2) is 4.79 Å². The molecule has 0 unspecified atom stereocenters. The van der Waals surface area contributed by atoms with Gasteiger partial charge in [-0.05, 0) is 44.4 Å². The number of nitrogens with zero attached hydrogens (tertiary/aromatic N) is 2.